The van der Waals surface area contributed by atoms with Crippen LogP contribution in [0.25, 0.3) is 0 Å². The lowest BCUT2D eigenvalue weighted by atomic mass is 9.99. The second kappa shape index (κ2) is 11.3. The van der Waals surface area contributed by atoms with Gasteiger partial charge in [0.1, 0.15) is 0 Å². The van der Waals surface area contributed by atoms with Crippen LogP contribution in [0.4, 0.5) is 0 Å². The normalized spacial score (nSPS) is 11.6. The van der Waals surface area contributed by atoms with Gasteiger partial charge in [-0.05, 0) is 12.8 Å². The van der Waals surface area contributed by atoms with Gasteiger partial charge in [0, 0.05) is 38.3 Å². The number of rotatable bonds is 11. The van der Waals surface area contributed by atoms with E-state index in [1.54, 1.807) is 0 Å². The molecule has 0 rings (SSSR count). The zero-order valence-electron chi connectivity index (χ0n) is 10.0. The van der Waals surface area contributed by atoms with Gasteiger partial charge in [-0.2, -0.15) is 0 Å². The predicted molar refractivity (Wildman–Crippen MR) is 63.0 cm³/mol. The second-order valence-corrected chi connectivity index (χ2v) is 4.45. The number of unbranched alkanes of at least 4 members (excludes halogenated alkanes) is 3. The molecule has 0 bridgehead atoms. The van der Waals surface area contributed by atoms with Crippen LogP contribution in [0.3, 0.4) is 0 Å². The van der Waals surface area contributed by atoms with Gasteiger partial charge in [-0.25, -0.2) is 0 Å². The number of aliphatic hydroxyl groups excluding tert-OH is 4. The maximum atomic E-state index is 8.85. The summed E-state index contributed by atoms with van der Waals surface area (Å²) in [5, 5.41) is 35.4. The Bertz CT molecular complexity index is 117. The summed E-state index contributed by atoms with van der Waals surface area (Å²) in [6.07, 6.45) is 5.95. The molecule has 0 aliphatic heterocycles. The highest BCUT2D eigenvalue weighted by atomic mass is 16.3. The van der Waals surface area contributed by atoms with Crippen LogP contribution in [0, 0.1) is 11.8 Å². The van der Waals surface area contributed by atoms with E-state index in [9.17, 15) is 0 Å². The molecule has 98 valence electrons. The highest BCUT2D eigenvalue weighted by Gasteiger charge is 2.06. The van der Waals surface area contributed by atoms with Gasteiger partial charge >= 0.3 is 0 Å². The third-order valence-electron chi connectivity index (χ3n) is 3.01. The molecule has 0 unspecified atom stereocenters. The molecule has 0 spiro atoms. The first-order valence-electron chi connectivity index (χ1n) is 6.21. The number of hydrogen-bond acceptors (Lipinski definition) is 4. The monoisotopic (exact) mass is 234 g/mol. The standard InChI is InChI=1S/C12H26O4/c13-7-11(8-14)5-3-1-2-4-6-12(9-15)10-16/h11-16H,1-10H2. The summed E-state index contributed by atoms with van der Waals surface area (Å²) in [5.74, 6) is 0.0604. The van der Waals surface area contributed by atoms with Crippen molar-refractivity contribution in [1.29, 1.82) is 0 Å². The van der Waals surface area contributed by atoms with Crippen LogP contribution in [0.2, 0.25) is 0 Å². The molecule has 0 aromatic rings. The molecule has 0 aliphatic carbocycles. The summed E-state index contributed by atoms with van der Waals surface area (Å²) in [4.78, 5) is 0. The fourth-order valence-electron chi connectivity index (χ4n) is 1.70. The second-order valence-electron chi connectivity index (χ2n) is 4.45. The highest BCUT2D eigenvalue weighted by Crippen LogP contribution is 2.13. The lowest BCUT2D eigenvalue weighted by Crippen LogP contribution is -2.11. The summed E-state index contributed by atoms with van der Waals surface area (Å²) in [6, 6.07) is 0. The van der Waals surface area contributed by atoms with Gasteiger partial charge in [-0.15, -0.1) is 0 Å². The Kier molecular flexibility index (Phi) is 11.2. The Balaban J connectivity index is 3.26. The molecule has 0 atom stereocenters. The smallest absolute Gasteiger partial charge is 0.0481 e. The van der Waals surface area contributed by atoms with E-state index in [1.807, 2.05) is 0 Å². The predicted octanol–water partition coefficient (Wildman–Crippen LogP) is 0.529. The molecule has 0 fully saturated rings. The van der Waals surface area contributed by atoms with Gasteiger partial charge in [-0.1, -0.05) is 25.7 Å². The Morgan fingerprint density at radius 2 is 0.812 bits per heavy atom. The summed E-state index contributed by atoms with van der Waals surface area (Å²) < 4.78 is 0. The van der Waals surface area contributed by atoms with E-state index in [-0.39, 0.29) is 38.3 Å². The van der Waals surface area contributed by atoms with Crippen LogP contribution in [0.15, 0.2) is 0 Å². The molecule has 0 aliphatic rings. The van der Waals surface area contributed by atoms with E-state index in [4.69, 9.17) is 20.4 Å². The Hall–Kier alpha value is -0.160. The molecule has 4 heteroatoms. The Labute approximate surface area is 97.9 Å². The first-order valence-corrected chi connectivity index (χ1v) is 6.21. The Morgan fingerprint density at radius 1 is 0.500 bits per heavy atom. The van der Waals surface area contributed by atoms with Crippen LogP contribution >= 0.6 is 0 Å². The van der Waals surface area contributed by atoms with Gasteiger partial charge in [0.05, 0.1) is 0 Å². The molecule has 0 radical (unpaired) electrons. The molecular formula is C12H26O4. The lowest BCUT2D eigenvalue weighted by molar-refractivity contribution is 0.138. The van der Waals surface area contributed by atoms with Crippen molar-refractivity contribution in [3.05, 3.63) is 0 Å². The van der Waals surface area contributed by atoms with Gasteiger partial charge in [0.15, 0.2) is 0 Å². The minimum Gasteiger partial charge on any atom is -0.396 e. The SMILES string of the molecule is OCC(CO)CCCCCCC(CO)CO. The molecule has 0 saturated carbocycles. The van der Waals surface area contributed by atoms with Crippen molar-refractivity contribution in [3.63, 3.8) is 0 Å². The maximum absolute atomic E-state index is 8.85. The quantitative estimate of drug-likeness (QED) is 0.393. The summed E-state index contributed by atoms with van der Waals surface area (Å²) >= 11 is 0. The molecule has 0 saturated heterocycles. The maximum Gasteiger partial charge on any atom is 0.0481 e. The molecule has 0 aromatic heterocycles. The molecule has 4 N–H and O–H groups in total. The van der Waals surface area contributed by atoms with Crippen LogP contribution in [0.1, 0.15) is 38.5 Å². The average molecular weight is 234 g/mol. The van der Waals surface area contributed by atoms with E-state index < -0.39 is 0 Å². The minimum atomic E-state index is 0.0302. The largest absolute Gasteiger partial charge is 0.396 e. The van der Waals surface area contributed by atoms with Crippen molar-refractivity contribution in [2.24, 2.45) is 11.8 Å². The topological polar surface area (TPSA) is 80.9 Å². The Morgan fingerprint density at radius 3 is 1.06 bits per heavy atom. The van der Waals surface area contributed by atoms with E-state index in [2.05, 4.69) is 0 Å². The molecule has 0 amide bonds. The first-order chi connectivity index (χ1) is 7.78. The number of aliphatic hydroxyl groups is 4. The average Bonchev–Trinajstić information content (AvgIpc) is 2.33. The van der Waals surface area contributed by atoms with Crippen molar-refractivity contribution in [2.45, 2.75) is 38.5 Å². The van der Waals surface area contributed by atoms with Gasteiger partial charge in [0.25, 0.3) is 0 Å². The van der Waals surface area contributed by atoms with E-state index in [1.165, 1.54) is 0 Å². The van der Waals surface area contributed by atoms with E-state index >= 15 is 0 Å². The van der Waals surface area contributed by atoms with E-state index in [0.717, 1.165) is 38.5 Å². The molecular weight excluding hydrogens is 208 g/mol. The molecule has 0 heterocycles. The van der Waals surface area contributed by atoms with Crippen molar-refractivity contribution in [2.75, 3.05) is 26.4 Å². The summed E-state index contributed by atoms with van der Waals surface area (Å²) in [7, 11) is 0. The highest BCUT2D eigenvalue weighted by molar-refractivity contribution is 4.58. The van der Waals surface area contributed by atoms with Crippen molar-refractivity contribution in [1.82, 2.24) is 0 Å². The zero-order chi connectivity index (χ0) is 12.2. The van der Waals surface area contributed by atoms with E-state index in [0.29, 0.717) is 0 Å². The van der Waals surface area contributed by atoms with Crippen LogP contribution in [-0.4, -0.2) is 46.9 Å². The fourth-order valence-corrected chi connectivity index (χ4v) is 1.70. The lowest BCUT2D eigenvalue weighted by Gasteiger charge is -2.11. The van der Waals surface area contributed by atoms with Crippen molar-refractivity contribution < 1.29 is 20.4 Å². The van der Waals surface area contributed by atoms with Gasteiger partial charge in [-0.3, -0.25) is 0 Å². The summed E-state index contributed by atoms with van der Waals surface area (Å²) in [5.41, 5.74) is 0. The van der Waals surface area contributed by atoms with Crippen LogP contribution < -0.4 is 0 Å². The zero-order valence-corrected chi connectivity index (χ0v) is 10.0. The first kappa shape index (κ1) is 15.8. The van der Waals surface area contributed by atoms with Crippen molar-refractivity contribution in [3.8, 4) is 0 Å². The molecule has 4 nitrogen and oxygen atoms in total. The van der Waals surface area contributed by atoms with Gasteiger partial charge < -0.3 is 20.4 Å². The third-order valence-corrected chi connectivity index (χ3v) is 3.01. The van der Waals surface area contributed by atoms with Crippen LogP contribution in [0.5, 0.6) is 0 Å². The molecule has 16 heavy (non-hydrogen) atoms. The van der Waals surface area contributed by atoms with Gasteiger partial charge in [0.2, 0.25) is 0 Å². The van der Waals surface area contributed by atoms with Crippen LogP contribution in [-0.2, 0) is 0 Å². The minimum absolute atomic E-state index is 0.0302. The summed E-state index contributed by atoms with van der Waals surface area (Å²) in [6.45, 7) is 0.252. The molecule has 0 aromatic carbocycles. The third kappa shape index (κ3) is 8.05. The number of hydrogen-bond donors (Lipinski definition) is 4. The fraction of sp³-hybridized carbons (Fsp3) is 1.00. The van der Waals surface area contributed by atoms with Crippen molar-refractivity contribution >= 4 is 0 Å².